The van der Waals surface area contributed by atoms with Crippen LogP contribution in [0.3, 0.4) is 0 Å². The van der Waals surface area contributed by atoms with Crippen LogP contribution in [0.2, 0.25) is 0 Å². The van der Waals surface area contributed by atoms with Crippen LogP contribution in [0.1, 0.15) is 44.2 Å². The van der Waals surface area contributed by atoms with E-state index in [9.17, 15) is 17.6 Å². The first kappa shape index (κ1) is 16.3. The Morgan fingerprint density at radius 3 is 2.52 bits per heavy atom. The topological polar surface area (TPSA) is 12.0 Å². The molecule has 0 spiro atoms. The third-order valence-corrected chi connectivity index (χ3v) is 4.01. The molecule has 0 radical (unpaired) electrons. The molecule has 21 heavy (non-hydrogen) atoms. The molecule has 1 aliphatic heterocycles. The summed E-state index contributed by atoms with van der Waals surface area (Å²) in [6, 6.07) is 3.35. The molecule has 5 heteroatoms. The molecule has 1 heterocycles. The van der Waals surface area contributed by atoms with Gasteiger partial charge in [-0.25, -0.2) is 4.39 Å². The number of hydrogen-bond donors (Lipinski definition) is 1. The maximum Gasteiger partial charge on any atom is 0.419 e. The van der Waals surface area contributed by atoms with E-state index in [-0.39, 0.29) is 5.54 Å². The van der Waals surface area contributed by atoms with Crippen molar-refractivity contribution in [1.82, 2.24) is 5.32 Å². The zero-order valence-electron chi connectivity index (χ0n) is 12.4. The van der Waals surface area contributed by atoms with Crippen LogP contribution in [-0.2, 0) is 12.6 Å². The van der Waals surface area contributed by atoms with Crippen LogP contribution in [0, 0.1) is 11.7 Å². The highest BCUT2D eigenvalue weighted by molar-refractivity contribution is 5.29. The van der Waals surface area contributed by atoms with E-state index in [0.29, 0.717) is 17.9 Å². The van der Waals surface area contributed by atoms with Crippen LogP contribution in [0.4, 0.5) is 17.6 Å². The van der Waals surface area contributed by atoms with Gasteiger partial charge in [-0.1, -0.05) is 19.9 Å². The second-order valence-corrected chi connectivity index (χ2v) is 6.40. The molecule has 1 unspecified atom stereocenters. The fourth-order valence-electron chi connectivity index (χ4n) is 3.34. The molecule has 1 fully saturated rings. The summed E-state index contributed by atoms with van der Waals surface area (Å²) in [7, 11) is 0. The zero-order chi connectivity index (χ0) is 15.7. The van der Waals surface area contributed by atoms with Crippen LogP contribution in [0.25, 0.3) is 0 Å². The van der Waals surface area contributed by atoms with Crippen LogP contribution in [0.15, 0.2) is 18.2 Å². The van der Waals surface area contributed by atoms with Crippen molar-refractivity contribution in [2.75, 3.05) is 6.54 Å². The SMILES string of the molecule is CC(C)CC1(Cc2ccc(F)c(C(F)(F)F)c2)CCCN1. The smallest absolute Gasteiger partial charge is 0.311 e. The standard InChI is InChI=1S/C16H21F4N/c1-11(2)9-15(6-3-7-21-15)10-12-4-5-14(17)13(8-12)16(18,19)20/h4-5,8,11,21H,3,6-7,9-10H2,1-2H3. The van der Waals surface area contributed by atoms with Gasteiger partial charge in [0.05, 0.1) is 5.56 Å². The van der Waals surface area contributed by atoms with Crippen molar-refractivity contribution in [3.8, 4) is 0 Å². The largest absolute Gasteiger partial charge is 0.419 e. The molecule has 1 aromatic rings. The van der Waals surface area contributed by atoms with Crippen molar-refractivity contribution in [3.63, 3.8) is 0 Å². The Morgan fingerprint density at radius 1 is 1.29 bits per heavy atom. The Hall–Kier alpha value is -1.10. The van der Waals surface area contributed by atoms with Gasteiger partial charge in [0.25, 0.3) is 0 Å². The molecule has 1 nitrogen and oxygen atoms in total. The molecule has 1 atom stereocenters. The highest BCUT2D eigenvalue weighted by atomic mass is 19.4. The molecular weight excluding hydrogens is 282 g/mol. The maximum atomic E-state index is 13.3. The van der Waals surface area contributed by atoms with Crippen molar-refractivity contribution in [1.29, 1.82) is 0 Å². The summed E-state index contributed by atoms with van der Waals surface area (Å²) in [5.74, 6) is -0.748. The molecule has 2 rings (SSSR count). The second kappa shape index (κ2) is 5.95. The third-order valence-electron chi connectivity index (χ3n) is 4.01. The Bertz CT molecular complexity index is 488. The number of hydrogen-bond acceptors (Lipinski definition) is 1. The highest BCUT2D eigenvalue weighted by Gasteiger charge is 2.37. The third kappa shape index (κ3) is 3.96. The molecule has 0 amide bonds. The fourth-order valence-corrected chi connectivity index (χ4v) is 3.34. The summed E-state index contributed by atoms with van der Waals surface area (Å²) in [6.07, 6.45) is -1.25. The van der Waals surface area contributed by atoms with E-state index in [4.69, 9.17) is 0 Å². The lowest BCUT2D eigenvalue weighted by Crippen LogP contribution is -2.43. The van der Waals surface area contributed by atoms with Crippen molar-refractivity contribution in [2.45, 2.75) is 51.2 Å². The Kier molecular flexibility index (Phi) is 4.61. The Morgan fingerprint density at radius 2 is 2.00 bits per heavy atom. The van der Waals surface area contributed by atoms with Gasteiger partial charge in [0, 0.05) is 5.54 Å². The second-order valence-electron chi connectivity index (χ2n) is 6.40. The maximum absolute atomic E-state index is 13.3. The lowest BCUT2D eigenvalue weighted by Gasteiger charge is -2.32. The van der Waals surface area contributed by atoms with E-state index in [0.717, 1.165) is 37.9 Å². The molecule has 0 aromatic heterocycles. The molecule has 0 saturated carbocycles. The minimum Gasteiger partial charge on any atom is -0.311 e. The zero-order valence-corrected chi connectivity index (χ0v) is 12.4. The van der Waals surface area contributed by atoms with E-state index in [1.165, 1.54) is 6.07 Å². The molecule has 118 valence electrons. The van der Waals surface area contributed by atoms with E-state index in [1.807, 2.05) is 0 Å². The first-order valence-electron chi connectivity index (χ1n) is 7.32. The van der Waals surface area contributed by atoms with E-state index in [1.54, 1.807) is 0 Å². The van der Waals surface area contributed by atoms with Gasteiger partial charge in [0.1, 0.15) is 5.82 Å². The van der Waals surface area contributed by atoms with Crippen LogP contribution in [0.5, 0.6) is 0 Å². The monoisotopic (exact) mass is 303 g/mol. The van der Waals surface area contributed by atoms with Crippen molar-refractivity contribution in [2.24, 2.45) is 5.92 Å². The molecule has 1 aromatic carbocycles. The van der Waals surface area contributed by atoms with Gasteiger partial charge in [0.2, 0.25) is 0 Å². The van der Waals surface area contributed by atoms with E-state index < -0.39 is 17.6 Å². The number of nitrogens with one attached hydrogen (secondary N) is 1. The van der Waals surface area contributed by atoms with E-state index >= 15 is 0 Å². The van der Waals surface area contributed by atoms with Gasteiger partial charge in [-0.3, -0.25) is 0 Å². The first-order chi connectivity index (χ1) is 9.72. The number of benzene rings is 1. The van der Waals surface area contributed by atoms with Gasteiger partial charge < -0.3 is 5.32 Å². The quantitative estimate of drug-likeness (QED) is 0.804. The van der Waals surface area contributed by atoms with Crippen LogP contribution < -0.4 is 5.32 Å². The van der Waals surface area contributed by atoms with Crippen molar-refractivity contribution < 1.29 is 17.6 Å². The summed E-state index contributed by atoms with van der Waals surface area (Å²) in [4.78, 5) is 0. The molecular formula is C16H21F4N. The lowest BCUT2D eigenvalue weighted by molar-refractivity contribution is -0.140. The average Bonchev–Trinajstić information content (AvgIpc) is 2.77. The van der Waals surface area contributed by atoms with Crippen molar-refractivity contribution in [3.05, 3.63) is 35.1 Å². The number of halogens is 4. The minimum absolute atomic E-state index is 0.158. The molecule has 1 N–H and O–H groups in total. The number of alkyl halides is 3. The summed E-state index contributed by atoms with van der Waals surface area (Å²) < 4.78 is 51.7. The Labute approximate surface area is 122 Å². The van der Waals surface area contributed by atoms with E-state index in [2.05, 4.69) is 19.2 Å². The summed E-state index contributed by atoms with van der Waals surface area (Å²) in [5, 5.41) is 3.45. The molecule has 1 saturated heterocycles. The van der Waals surface area contributed by atoms with Gasteiger partial charge in [-0.15, -0.1) is 0 Å². The van der Waals surface area contributed by atoms with Gasteiger partial charge >= 0.3 is 6.18 Å². The van der Waals surface area contributed by atoms with Crippen LogP contribution >= 0.6 is 0 Å². The van der Waals surface area contributed by atoms with Gasteiger partial charge in [-0.05, 0) is 55.8 Å². The molecule has 0 bridgehead atoms. The van der Waals surface area contributed by atoms with Gasteiger partial charge in [0.15, 0.2) is 0 Å². The molecule has 1 aliphatic rings. The normalized spacial score (nSPS) is 23.0. The predicted octanol–water partition coefficient (Wildman–Crippen LogP) is 4.56. The van der Waals surface area contributed by atoms with Crippen molar-refractivity contribution >= 4 is 0 Å². The lowest BCUT2D eigenvalue weighted by atomic mass is 9.82. The summed E-state index contributed by atoms with van der Waals surface area (Å²) in [5.41, 5.74) is -0.786. The first-order valence-corrected chi connectivity index (χ1v) is 7.32. The van der Waals surface area contributed by atoms with Crippen LogP contribution in [-0.4, -0.2) is 12.1 Å². The average molecular weight is 303 g/mol. The summed E-state index contributed by atoms with van der Waals surface area (Å²) >= 11 is 0. The molecule has 0 aliphatic carbocycles. The Balaban J connectivity index is 2.26. The fraction of sp³-hybridized carbons (Fsp3) is 0.625. The minimum atomic E-state index is -4.64. The summed E-state index contributed by atoms with van der Waals surface area (Å²) in [6.45, 7) is 5.10. The van der Waals surface area contributed by atoms with Gasteiger partial charge in [-0.2, -0.15) is 13.2 Å². The number of rotatable bonds is 4. The predicted molar refractivity (Wildman–Crippen MR) is 74.5 cm³/mol. The highest BCUT2D eigenvalue weighted by Crippen LogP contribution is 2.35.